The molecule has 1 aromatic heterocycles. The van der Waals surface area contributed by atoms with Gasteiger partial charge in [-0.3, -0.25) is 0 Å². The van der Waals surface area contributed by atoms with Crippen LogP contribution in [0.1, 0.15) is 16.5 Å². The SMILES string of the molecule is CSc1ccc(C(N)Cc2cc(Br)cs2)cc1. The van der Waals surface area contributed by atoms with Crippen LogP contribution in [0.4, 0.5) is 0 Å². The molecule has 0 saturated carbocycles. The fraction of sp³-hybridized carbons (Fsp3) is 0.231. The third-order valence-electron chi connectivity index (χ3n) is 2.59. The van der Waals surface area contributed by atoms with Gasteiger partial charge in [-0.05, 0) is 45.9 Å². The minimum atomic E-state index is 0.0801. The van der Waals surface area contributed by atoms with E-state index in [0.29, 0.717) is 0 Å². The van der Waals surface area contributed by atoms with Crippen molar-refractivity contribution >= 4 is 39.0 Å². The predicted octanol–water partition coefficient (Wildman–Crippen LogP) is 4.48. The van der Waals surface area contributed by atoms with Crippen LogP contribution in [0.25, 0.3) is 0 Å². The number of thiophene rings is 1. The molecule has 17 heavy (non-hydrogen) atoms. The highest BCUT2D eigenvalue weighted by Gasteiger charge is 2.08. The summed E-state index contributed by atoms with van der Waals surface area (Å²) in [6, 6.07) is 10.7. The Hall–Kier alpha value is -0.290. The van der Waals surface area contributed by atoms with E-state index < -0.39 is 0 Å². The van der Waals surface area contributed by atoms with Gasteiger partial charge in [-0.25, -0.2) is 0 Å². The maximum atomic E-state index is 6.21. The van der Waals surface area contributed by atoms with Gasteiger partial charge in [0.25, 0.3) is 0 Å². The first-order valence-electron chi connectivity index (χ1n) is 5.31. The van der Waals surface area contributed by atoms with Gasteiger partial charge < -0.3 is 5.73 Å². The third-order valence-corrected chi connectivity index (χ3v) is 5.05. The molecular formula is C13H14BrNS2. The summed E-state index contributed by atoms with van der Waals surface area (Å²) in [5, 5.41) is 2.10. The summed E-state index contributed by atoms with van der Waals surface area (Å²) < 4.78 is 1.14. The van der Waals surface area contributed by atoms with Crippen LogP contribution >= 0.6 is 39.0 Å². The van der Waals surface area contributed by atoms with Gasteiger partial charge in [0, 0.05) is 32.1 Å². The van der Waals surface area contributed by atoms with Crippen molar-refractivity contribution < 1.29 is 0 Å². The molecule has 1 unspecified atom stereocenters. The molecule has 0 spiro atoms. The number of nitrogens with two attached hydrogens (primary N) is 1. The van der Waals surface area contributed by atoms with E-state index in [0.717, 1.165) is 10.9 Å². The van der Waals surface area contributed by atoms with Crippen molar-refractivity contribution in [2.45, 2.75) is 17.4 Å². The molecule has 0 radical (unpaired) electrons. The molecule has 0 aliphatic heterocycles. The molecule has 1 atom stereocenters. The predicted molar refractivity (Wildman–Crippen MR) is 80.9 cm³/mol. The first-order chi connectivity index (χ1) is 8.19. The summed E-state index contributed by atoms with van der Waals surface area (Å²) in [7, 11) is 0. The first-order valence-corrected chi connectivity index (χ1v) is 8.21. The lowest BCUT2D eigenvalue weighted by atomic mass is 10.0. The lowest BCUT2D eigenvalue weighted by molar-refractivity contribution is 0.729. The molecule has 0 aliphatic rings. The van der Waals surface area contributed by atoms with Crippen molar-refractivity contribution in [3.05, 3.63) is 50.6 Å². The van der Waals surface area contributed by atoms with Gasteiger partial charge >= 0.3 is 0 Å². The zero-order chi connectivity index (χ0) is 12.3. The van der Waals surface area contributed by atoms with E-state index >= 15 is 0 Å². The van der Waals surface area contributed by atoms with Crippen molar-refractivity contribution in [1.29, 1.82) is 0 Å². The lowest BCUT2D eigenvalue weighted by Gasteiger charge is -2.11. The lowest BCUT2D eigenvalue weighted by Crippen LogP contribution is -2.12. The van der Waals surface area contributed by atoms with Crippen molar-refractivity contribution in [2.24, 2.45) is 5.73 Å². The highest BCUT2D eigenvalue weighted by Crippen LogP contribution is 2.25. The third kappa shape index (κ3) is 3.58. The summed E-state index contributed by atoms with van der Waals surface area (Å²) in [4.78, 5) is 2.60. The number of hydrogen-bond acceptors (Lipinski definition) is 3. The largest absolute Gasteiger partial charge is 0.324 e. The topological polar surface area (TPSA) is 26.0 Å². The number of thioether (sulfide) groups is 1. The van der Waals surface area contributed by atoms with Crippen molar-refractivity contribution in [3.8, 4) is 0 Å². The van der Waals surface area contributed by atoms with E-state index in [9.17, 15) is 0 Å². The smallest absolute Gasteiger partial charge is 0.0343 e. The zero-order valence-corrected chi connectivity index (χ0v) is 12.7. The number of halogens is 1. The molecule has 1 aromatic carbocycles. The fourth-order valence-electron chi connectivity index (χ4n) is 1.65. The maximum Gasteiger partial charge on any atom is 0.0343 e. The average Bonchev–Trinajstić information content (AvgIpc) is 2.75. The quantitative estimate of drug-likeness (QED) is 0.838. The van der Waals surface area contributed by atoms with Gasteiger partial charge in [0.1, 0.15) is 0 Å². The molecule has 0 amide bonds. The number of hydrogen-bond donors (Lipinski definition) is 1. The zero-order valence-electron chi connectivity index (χ0n) is 9.52. The minimum absolute atomic E-state index is 0.0801. The van der Waals surface area contributed by atoms with Crippen LogP contribution in [0, 0.1) is 0 Å². The molecule has 0 fully saturated rings. The Morgan fingerprint density at radius 1 is 1.35 bits per heavy atom. The van der Waals surface area contributed by atoms with Crippen molar-refractivity contribution in [2.75, 3.05) is 6.26 Å². The maximum absolute atomic E-state index is 6.21. The van der Waals surface area contributed by atoms with Crippen molar-refractivity contribution in [1.82, 2.24) is 0 Å². The van der Waals surface area contributed by atoms with Crippen molar-refractivity contribution in [3.63, 3.8) is 0 Å². The molecule has 2 aromatic rings. The van der Waals surface area contributed by atoms with Crippen LogP contribution in [0.2, 0.25) is 0 Å². The summed E-state index contributed by atoms with van der Waals surface area (Å²) >= 11 is 6.96. The van der Waals surface area contributed by atoms with E-state index in [2.05, 4.69) is 57.9 Å². The van der Waals surface area contributed by atoms with Gasteiger partial charge in [-0.2, -0.15) is 0 Å². The fourth-order valence-corrected chi connectivity index (χ4v) is 3.57. The average molecular weight is 328 g/mol. The molecule has 4 heteroatoms. The minimum Gasteiger partial charge on any atom is -0.324 e. The number of rotatable bonds is 4. The summed E-state index contributed by atoms with van der Waals surface area (Å²) in [6.45, 7) is 0. The molecule has 2 rings (SSSR count). The Labute approximate surface area is 119 Å². The molecule has 2 N–H and O–H groups in total. The van der Waals surface area contributed by atoms with E-state index in [1.807, 2.05) is 0 Å². The van der Waals surface area contributed by atoms with Crippen LogP contribution in [0.3, 0.4) is 0 Å². The van der Waals surface area contributed by atoms with Crippen LogP contribution < -0.4 is 5.73 Å². The second kappa shape index (κ2) is 6.05. The molecule has 1 nitrogen and oxygen atoms in total. The summed E-state index contributed by atoms with van der Waals surface area (Å²) in [5.74, 6) is 0. The van der Waals surface area contributed by atoms with E-state index in [1.165, 1.54) is 15.3 Å². The van der Waals surface area contributed by atoms with E-state index in [4.69, 9.17) is 5.73 Å². The second-order valence-electron chi connectivity index (χ2n) is 3.82. The molecule has 0 aliphatic carbocycles. The highest BCUT2D eigenvalue weighted by molar-refractivity contribution is 9.10. The Morgan fingerprint density at radius 3 is 2.59 bits per heavy atom. The molecule has 90 valence electrons. The van der Waals surface area contributed by atoms with Gasteiger partial charge in [0.2, 0.25) is 0 Å². The molecule has 0 saturated heterocycles. The number of benzene rings is 1. The Balaban J connectivity index is 2.06. The normalized spacial score (nSPS) is 12.6. The Kier molecular flexibility index (Phi) is 4.68. The molecule has 1 heterocycles. The van der Waals surface area contributed by atoms with Crippen LogP contribution in [0.15, 0.2) is 45.1 Å². The van der Waals surface area contributed by atoms with E-state index in [-0.39, 0.29) is 6.04 Å². The Bertz CT molecular complexity index is 478. The van der Waals surface area contributed by atoms with Crippen LogP contribution in [0.5, 0.6) is 0 Å². The van der Waals surface area contributed by atoms with Crippen LogP contribution in [-0.2, 0) is 6.42 Å². The van der Waals surface area contributed by atoms with Crippen LogP contribution in [-0.4, -0.2) is 6.26 Å². The van der Waals surface area contributed by atoms with Gasteiger partial charge in [-0.15, -0.1) is 23.1 Å². The van der Waals surface area contributed by atoms with Gasteiger partial charge in [0.05, 0.1) is 0 Å². The first kappa shape index (κ1) is 13.1. The second-order valence-corrected chi connectivity index (χ2v) is 6.61. The monoisotopic (exact) mass is 327 g/mol. The highest BCUT2D eigenvalue weighted by atomic mass is 79.9. The molecular weight excluding hydrogens is 314 g/mol. The summed E-state index contributed by atoms with van der Waals surface area (Å²) in [5.41, 5.74) is 7.41. The molecule has 0 bridgehead atoms. The van der Waals surface area contributed by atoms with E-state index in [1.54, 1.807) is 23.1 Å². The van der Waals surface area contributed by atoms with Gasteiger partial charge in [-0.1, -0.05) is 12.1 Å². The van der Waals surface area contributed by atoms with Gasteiger partial charge in [0.15, 0.2) is 0 Å². The Morgan fingerprint density at radius 2 is 2.06 bits per heavy atom. The standard InChI is InChI=1S/C13H14BrNS2/c1-16-11-4-2-9(3-5-11)13(15)7-12-6-10(14)8-17-12/h2-6,8,13H,7,15H2,1H3. The summed E-state index contributed by atoms with van der Waals surface area (Å²) in [6.07, 6.45) is 2.98.